The summed E-state index contributed by atoms with van der Waals surface area (Å²) in [6.45, 7) is 0.302. The van der Waals surface area contributed by atoms with Gasteiger partial charge in [-0.15, -0.1) is 0 Å². The lowest BCUT2D eigenvalue weighted by molar-refractivity contribution is -0.114. The predicted octanol–water partition coefficient (Wildman–Crippen LogP) is 2.17. The summed E-state index contributed by atoms with van der Waals surface area (Å²) in [4.78, 5) is 27.7. The normalized spacial score (nSPS) is 22.1. The van der Waals surface area contributed by atoms with Crippen LogP contribution in [0.2, 0.25) is 0 Å². The summed E-state index contributed by atoms with van der Waals surface area (Å²) < 4.78 is 28.5. The number of hydrogen-bond acceptors (Lipinski definition) is 4. The monoisotopic (exact) mass is 418 g/mol. The summed E-state index contributed by atoms with van der Waals surface area (Å²) in [5.41, 5.74) is 0.638. The van der Waals surface area contributed by atoms with Crippen molar-refractivity contribution in [2.24, 2.45) is 5.92 Å². The number of nitrogens with one attached hydrogen (secondary N) is 3. The van der Waals surface area contributed by atoms with Crippen molar-refractivity contribution >= 4 is 23.3 Å². The predicted molar refractivity (Wildman–Crippen MR) is 108 cm³/mol. The molecule has 3 rings (SSSR count). The van der Waals surface area contributed by atoms with E-state index < -0.39 is 22.6 Å². The van der Waals surface area contributed by atoms with E-state index in [0.717, 1.165) is 30.3 Å². The first-order valence-corrected chi connectivity index (χ1v) is 10.5. The second-order valence-corrected chi connectivity index (χ2v) is 8.21. The van der Waals surface area contributed by atoms with Crippen LogP contribution in [-0.2, 0) is 15.8 Å². The molecule has 7 nitrogen and oxygen atoms in total. The molecule has 3 atom stereocenters. The highest BCUT2D eigenvalue weighted by Gasteiger charge is 2.44. The zero-order valence-electron chi connectivity index (χ0n) is 16.0. The van der Waals surface area contributed by atoms with Crippen molar-refractivity contribution in [3.63, 3.8) is 0 Å². The van der Waals surface area contributed by atoms with Gasteiger partial charge >= 0.3 is 6.03 Å². The van der Waals surface area contributed by atoms with E-state index in [2.05, 4.69) is 20.3 Å². The van der Waals surface area contributed by atoms with Gasteiger partial charge in [0.05, 0.1) is 0 Å². The third-order valence-corrected chi connectivity index (χ3v) is 6.27. The number of amides is 2. The fourth-order valence-electron chi connectivity index (χ4n) is 3.56. The van der Waals surface area contributed by atoms with Gasteiger partial charge in [-0.25, -0.2) is 23.1 Å². The average Bonchev–Trinajstić information content (AvgIpc) is 3.15. The van der Waals surface area contributed by atoms with Crippen molar-refractivity contribution in [2.75, 3.05) is 13.6 Å². The number of benzene rings is 1. The molecule has 0 spiro atoms. The Labute approximate surface area is 171 Å². The number of rotatable bonds is 7. The molecule has 9 heteroatoms. The van der Waals surface area contributed by atoms with Gasteiger partial charge in [0.25, 0.3) is 0 Å². The highest BCUT2D eigenvalue weighted by molar-refractivity contribution is 7.83. The first-order chi connectivity index (χ1) is 14.0. The number of nitrogens with zero attached hydrogens (tertiary/aromatic N) is 1. The van der Waals surface area contributed by atoms with Gasteiger partial charge in [0.15, 0.2) is 0 Å². The summed E-state index contributed by atoms with van der Waals surface area (Å²) in [5, 5.41) is 5.55. The van der Waals surface area contributed by atoms with Crippen LogP contribution >= 0.6 is 0 Å². The lowest BCUT2D eigenvalue weighted by Crippen LogP contribution is -2.56. The van der Waals surface area contributed by atoms with E-state index in [1.165, 1.54) is 19.2 Å². The summed E-state index contributed by atoms with van der Waals surface area (Å²) >= 11 is 0. The van der Waals surface area contributed by atoms with Crippen LogP contribution in [0, 0.1) is 11.7 Å². The number of hydrogen-bond donors (Lipinski definition) is 3. The maximum Gasteiger partial charge on any atom is 0.315 e. The molecular weight excluding hydrogens is 395 g/mol. The molecule has 1 fully saturated rings. The molecule has 1 aromatic carbocycles. The van der Waals surface area contributed by atoms with Crippen LogP contribution < -0.4 is 15.4 Å². The molecule has 3 unspecified atom stereocenters. The Morgan fingerprint density at radius 2 is 2.00 bits per heavy atom. The minimum atomic E-state index is -1.56. The Kier molecular flexibility index (Phi) is 6.71. The van der Waals surface area contributed by atoms with Gasteiger partial charge in [-0.05, 0) is 36.6 Å². The highest BCUT2D eigenvalue weighted by atomic mass is 32.2. The number of carbonyl (C=O) groups is 2. The van der Waals surface area contributed by atoms with E-state index in [-0.39, 0.29) is 11.7 Å². The summed E-state index contributed by atoms with van der Waals surface area (Å²) in [6, 6.07) is 9.05. The molecule has 1 heterocycles. The summed E-state index contributed by atoms with van der Waals surface area (Å²) in [6.07, 6.45) is 4.45. The van der Waals surface area contributed by atoms with Crippen LogP contribution in [0.4, 0.5) is 9.18 Å². The van der Waals surface area contributed by atoms with Crippen molar-refractivity contribution in [1.29, 1.82) is 0 Å². The van der Waals surface area contributed by atoms with Gasteiger partial charge in [-0.3, -0.25) is 0 Å². The second kappa shape index (κ2) is 9.23. The summed E-state index contributed by atoms with van der Waals surface area (Å²) in [7, 11) is -0.0703. The van der Waals surface area contributed by atoms with Crippen molar-refractivity contribution in [3.8, 4) is 11.1 Å². The van der Waals surface area contributed by atoms with Crippen molar-refractivity contribution < 1.29 is 18.2 Å². The second-order valence-electron chi connectivity index (χ2n) is 6.96. The van der Waals surface area contributed by atoms with Gasteiger partial charge in [0.1, 0.15) is 33.7 Å². The van der Waals surface area contributed by atoms with Crippen molar-refractivity contribution in [3.05, 3.63) is 48.4 Å². The number of urea groups is 1. The number of carbonyl (C=O) groups excluding carboxylic acids is 2. The van der Waals surface area contributed by atoms with Gasteiger partial charge in [-0.2, -0.15) is 0 Å². The molecule has 2 aromatic rings. The van der Waals surface area contributed by atoms with Crippen LogP contribution in [0.5, 0.6) is 0 Å². The average molecular weight is 418 g/mol. The molecule has 0 aliphatic heterocycles. The minimum Gasteiger partial charge on any atom is -0.341 e. The van der Waals surface area contributed by atoms with Crippen LogP contribution in [0.25, 0.3) is 11.1 Å². The van der Waals surface area contributed by atoms with Crippen LogP contribution in [0.1, 0.15) is 19.3 Å². The van der Waals surface area contributed by atoms with E-state index >= 15 is 0 Å². The molecule has 3 N–H and O–H groups in total. The fraction of sp³-hybridized carbons (Fsp3) is 0.350. The van der Waals surface area contributed by atoms with Gasteiger partial charge in [0.2, 0.25) is 0 Å². The molecule has 0 radical (unpaired) electrons. The van der Waals surface area contributed by atoms with Crippen molar-refractivity contribution in [1.82, 2.24) is 20.3 Å². The third kappa shape index (κ3) is 4.86. The maximum atomic E-state index is 13.0. The molecule has 2 amide bonds. The molecule has 1 aromatic heterocycles. The Hall–Kier alpha value is -2.65. The zero-order chi connectivity index (χ0) is 20.9. The van der Waals surface area contributed by atoms with Gasteiger partial charge in [-0.1, -0.05) is 24.6 Å². The quantitative estimate of drug-likeness (QED) is 0.600. The minimum absolute atomic E-state index is 0.167. The van der Waals surface area contributed by atoms with Crippen LogP contribution in [0.15, 0.2) is 47.6 Å². The molecule has 29 heavy (non-hydrogen) atoms. The van der Waals surface area contributed by atoms with E-state index in [1.54, 1.807) is 30.5 Å². The smallest absolute Gasteiger partial charge is 0.315 e. The Morgan fingerprint density at radius 3 is 2.62 bits per heavy atom. The molecule has 0 bridgehead atoms. The van der Waals surface area contributed by atoms with Gasteiger partial charge in [0, 0.05) is 31.3 Å². The Morgan fingerprint density at radius 1 is 1.28 bits per heavy atom. The first-order valence-electron chi connectivity index (χ1n) is 9.31. The largest absolute Gasteiger partial charge is 0.341 e. The molecule has 0 saturated heterocycles. The Balaban J connectivity index is 1.63. The first kappa shape index (κ1) is 21.1. The SMILES string of the molecule is CNC(=O)NC1(C=O)CCCC1CNS(=O)c1ccc(-c2ccc(F)cc2)cn1. The molecule has 1 saturated carbocycles. The zero-order valence-corrected chi connectivity index (χ0v) is 16.8. The highest BCUT2D eigenvalue weighted by Crippen LogP contribution is 2.34. The number of aldehydes is 1. The Bertz CT molecular complexity index is 892. The lowest BCUT2D eigenvalue weighted by Gasteiger charge is -2.31. The topological polar surface area (TPSA) is 100 Å². The maximum absolute atomic E-state index is 13.0. The number of aromatic nitrogens is 1. The van der Waals surface area contributed by atoms with Crippen molar-refractivity contribution in [2.45, 2.75) is 29.8 Å². The fourth-order valence-corrected chi connectivity index (χ4v) is 4.40. The summed E-state index contributed by atoms with van der Waals surface area (Å²) in [5.74, 6) is -0.479. The van der Waals surface area contributed by atoms with E-state index in [9.17, 15) is 18.2 Å². The molecule has 1 aliphatic carbocycles. The molecule has 154 valence electrons. The lowest BCUT2D eigenvalue weighted by atomic mass is 9.88. The number of halogens is 1. The number of pyridine rings is 1. The van der Waals surface area contributed by atoms with E-state index in [1.807, 2.05) is 0 Å². The van der Waals surface area contributed by atoms with Gasteiger partial charge < -0.3 is 15.4 Å². The van der Waals surface area contributed by atoms with E-state index in [4.69, 9.17) is 0 Å². The third-order valence-electron chi connectivity index (χ3n) is 5.22. The standard InChI is InChI=1S/C20H23FN4O3S/c1-22-19(27)25-20(13-26)10-2-3-16(20)12-24-29(28)18-9-6-15(11-23-18)14-4-7-17(21)8-5-14/h4-9,11,13,16,24H,2-3,10,12H2,1H3,(H2,22,25,27). The van der Waals surface area contributed by atoms with E-state index in [0.29, 0.717) is 18.0 Å². The molecule has 1 aliphatic rings. The molecular formula is C20H23FN4O3S. The van der Waals surface area contributed by atoms with Crippen LogP contribution in [-0.4, -0.2) is 40.6 Å². The van der Waals surface area contributed by atoms with Crippen LogP contribution in [0.3, 0.4) is 0 Å².